The smallest absolute Gasteiger partial charge is 0.225 e. The van der Waals surface area contributed by atoms with Gasteiger partial charge in [0.05, 0.1) is 5.39 Å². The second-order valence-electron chi connectivity index (χ2n) is 4.40. The summed E-state index contributed by atoms with van der Waals surface area (Å²) in [5, 5.41) is 4.73. The van der Waals surface area contributed by atoms with E-state index in [9.17, 15) is 0 Å². The molecule has 0 aliphatic rings. The molecule has 2 aromatic heterocycles. The molecule has 1 N–H and O–H groups in total. The van der Waals surface area contributed by atoms with E-state index in [1.54, 1.807) is 11.3 Å². The minimum Gasteiger partial charge on any atom is -0.369 e. The Morgan fingerprint density at radius 3 is 2.82 bits per heavy atom. The third kappa shape index (κ3) is 2.87. The van der Waals surface area contributed by atoms with Crippen molar-refractivity contribution in [3.8, 4) is 0 Å². The molecule has 0 aromatic carbocycles. The average molecular weight is 270 g/mol. The summed E-state index contributed by atoms with van der Waals surface area (Å²) in [6, 6.07) is 2.15. The molecular formula is C12H16ClN3S. The number of nitrogens with one attached hydrogen (secondary N) is 1. The highest BCUT2D eigenvalue weighted by Gasteiger charge is 2.10. The molecule has 0 bridgehead atoms. The molecule has 0 amide bonds. The zero-order valence-electron chi connectivity index (χ0n) is 10.2. The fourth-order valence-corrected chi connectivity index (χ4v) is 2.74. The highest BCUT2D eigenvalue weighted by atomic mass is 35.5. The molecule has 0 spiro atoms. The predicted octanol–water partition coefficient (Wildman–Crippen LogP) is 3.98. The topological polar surface area (TPSA) is 37.8 Å². The monoisotopic (exact) mass is 269 g/mol. The van der Waals surface area contributed by atoms with E-state index in [0.29, 0.717) is 11.2 Å². The van der Waals surface area contributed by atoms with E-state index in [2.05, 4.69) is 42.1 Å². The molecule has 0 unspecified atom stereocenters. The average Bonchev–Trinajstić information content (AvgIpc) is 2.68. The van der Waals surface area contributed by atoms with Gasteiger partial charge in [-0.1, -0.05) is 20.8 Å². The SMILES string of the molecule is CCc1cc2c(NCC(C)C)nc(Cl)nc2s1. The number of anilines is 1. The van der Waals surface area contributed by atoms with Gasteiger partial charge in [-0.25, -0.2) is 9.97 Å². The number of aromatic nitrogens is 2. The van der Waals surface area contributed by atoms with Crippen molar-refractivity contribution in [2.45, 2.75) is 27.2 Å². The molecular weight excluding hydrogens is 254 g/mol. The van der Waals surface area contributed by atoms with Crippen LogP contribution in [0.15, 0.2) is 6.07 Å². The van der Waals surface area contributed by atoms with Gasteiger partial charge in [0.25, 0.3) is 0 Å². The third-order valence-corrected chi connectivity index (χ3v) is 3.78. The predicted molar refractivity (Wildman–Crippen MR) is 75.1 cm³/mol. The van der Waals surface area contributed by atoms with Crippen LogP contribution >= 0.6 is 22.9 Å². The Hall–Kier alpha value is -0.870. The van der Waals surface area contributed by atoms with E-state index in [1.807, 2.05) is 0 Å². The van der Waals surface area contributed by atoms with Gasteiger partial charge in [-0.2, -0.15) is 0 Å². The number of rotatable bonds is 4. The highest BCUT2D eigenvalue weighted by molar-refractivity contribution is 7.18. The van der Waals surface area contributed by atoms with Crippen LogP contribution in [0.5, 0.6) is 0 Å². The van der Waals surface area contributed by atoms with Gasteiger partial charge in [0.1, 0.15) is 10.6 Å². The van der Waals surface area contributed by atoms with Crippen LogP contribution in [-0.4, -0.2) is 16.5 Å². The Morgan fingerprint density at radius 2 is 2.18 bits per heavy atom. The Morgan fingerprint density at radius 1 is 1.41 bits per heavy atom. The maximum Gasteiger partial charge on any atom is 0.225 e. The second kappa shape index (κ2) is 5.19. The molecule has 0 fully saturated rings. The third-order valence-electron chi connectivity index (χ3n) is 2.44. The summed E-state index contributed by atoms with van der Waals surface area (Å²) in [6.07, 6.45) is 1.02. The molecule has 17 heavy (non-hydrogen) atoms. The lowest BCUT2D eigenvalue weighted by Gasteiger charge is -2.08. The second-order valence-corrected chi connectivity index (χ2v) is 5.85. The van der Waals surface area contributed by atoms with E-state index in [-0.39, 0.29) is 0 Å². The van der Waals surface area contributed by atoms with Gasteiger partial charge >= 0.3 is 0 Å². The molecule has 5 heteroatoms. The first-order valence-electron chi connectivity index (χ1n) is 5.80. The molecule has 0 saturated heterocycles. The zero-order valence-corrected chi connectivity index (χ0v) is 11.8. The minimum absolute atomic E-state index is 0.313. The van der Waals surface area contributed by atoms with Crippen LogP contribution in [-0.2, 0) is 6.42 Å². The number of halogens is 1. The summed E-state index contributed by atoms with van der Waals surface area (Å²) >= 11 is 7.62. The molecule has 3 nitrogen and oxygen atoms in total. The Bertz CT molecular complexity index is 522. The van der Waals surface area contributed by atoms with Crippen LogP contribution < -0.4 is 5.32 Å². The Kier molecular flexibility index (Phi) is 3.84. The molecule has 2 heterocycles. The quantitative estimate of drug-likeness (QED) is 0.854. The lowest BCUT2D eigenvalue weighted by molar-refractivity contribution is 0.687. The molecule has 2 aromatic rings. The van der Waals surface area contributed by atoms with Crippen LogP contribution in [0.2, 0.25) is 5.28 Å². The fourth-order valence-electron chi connectivity index (χ4n) is 1.56. The number of hydrogen-bond donors (Lipinski definition) is 1. The van der Waals surface area contributed by atoms with Crippen molar-refractivity contribution in [1.29, 1.82) is 0 Å². The van der Waals surface area contributed by atoms with Crippen LogP contribution in [0.3, 0.4) is 0 Å². The van der Waals surface area contributed by atoms with Gasteiger partial charge in [-0.3, -0.25) is 0 Å². The molecule has 2 rings (SSSR count). The standard InChI is InChI=1S/C12H16ClN3S/c1-4-8-5-9-10(14-6-7(2)3)15-12(13)16-11(9)17-8/h5,7H,4,6H2,1-3H3,(H,14,15,16). The number of fused-ring (bicyclic) bond motifs is 1. The van der Waals surface area contributed by atoms with Crippen molar-refractivity contribution in [1.82, 2.24) is 9.97 Å². The molecule has 92 valence electrons. The van der Waals surface area contributed by atoms with Crippen LogP contribution in [0.25, 0.3) is 10.2 Å². The van der Waals surface area contributed by atoms with Gasteiger partial charge in [0.2, 0.25) is 5.28 Å². The van der Waals surface area contributed by atoms with Crippen LogP contribution in [0.4, 0.5) is 5.82 Å². The van der Waals surface area contributed by atoms with Crippen molar-refractivity contribution >= 4 is 39.0 Å². The largest absolute Gasteiger partial charge is 0.369 e. The van der Waals surface area contributed by atoms with Crippen LogP contribution in [0, 0.1) is 5.92 Å². The van der Waals surface area contributed by atoms with Crippen molar-refractivity contribution < 1.29 is 0 Å². The first-order valence-corrected chi connectivity index (χ1v) is 6.99. The number of hydrogen-bond acceptors (Lipinski definition) is 4. The summed E-state index contributed by atoms with van der Waals surface area (Å²) in [7, 11) is 0. The lowest BCUT2D eigenvalue weighted by atomic mass is 10.2. The van der Waals surface area contributed by atoms with E-state index in [0.717, 1.165) is 29.0 Å². The van der Waals surface area contributed by atoms with E-state index in [4.69, 9.17) is 11.6 Å². The van der Waals surface area contributed by atoms with Crippen molar-refractivity contribution in [2.24, 2.45) is 5.92 Å². The molecule has 0 atom stereocenters. The maximum absolute atomic E-state index is 5.94. The Balaban J connectivity index is 2.41. The summed E-state index contributed by atoms with van der Waals surface area (Å²) in [5.74, 6) is 1.42. The van der Waals surface area contributed by atoms with Gasteiger partial charge < -0.3 is 5.32 Å². The van der Waals surface area contributed by atoms with Gasteiger partial charge in [0, 0.05) is 11.4 Å². The van der Waals surface area contributed by atoms with E-state index in [1.165, 1.54) is 4.88 Å². The van der Waals surface area contributed by atoms with E-state index < -0.39 is 0 Å². The molecule has 0 saturated carbocycles. The number of thiophene rings is 1. The summed E-state index contributed by atoms with van der Waals surface area (Å²) < 4.78 is 0. The Labute approximate surface area is 110 Å². The molecule has 0 aliphatic heterocycles. The zero-order chi connectivity index (χ0) is 12.4. The first-order chi connectivity index (χ1) is 8.10. The molecule has 0 aliphatic carbocycles. The van der Waals surface area contributed by atoms with Gasteiger partial charge in [-0.05, 0) is 30.0 Å². The first kappa shape index (κ1) is 12.6. The van der Waals surface area contributed by atoms with E-state index >= 15 is 0 Å². The minimum atomic E-state index is 0.313. The lowest BCUT2D eigenvalue weighted by Crippen LogP contribution is -2.09. The normalized spacial score (nSPS) is 11.4. The molecule has 0 radical (unpaired) electrons. The van der Waals surface area contributed by atoms with Crippen molar-refractivity contribution in [3.05, 3.63) is 16.2 Å². The van der Waals surface area contributed by atoms with Gasteiger partial charge in [0.15, 0.2) is 0 Å². The van der Waals surface area contributed by atoms with Crippen LogP contribution in [0.1, 0.15) is 25.6 Å². The summed E-state index contributed by atoms with van der Waals surface area (Å²) in [6.45, 7) is 7.36. The highest BCUT2D eigenvalue weighted by Crippen LogP contribution is 2.30. The summed E-state index contributed by atoms with van der Waals surface area (Å²) in [4.78, 5) is 10.8. The number of nitrogens with zero attached hydrogens (tertiary/aromatic N) is 2. The fraction of sp³-hybridized carbons (Fsp3) is 0.500. The summed E-state index contributed by atoms with van der Waals surface area (Å²) in [5.41, 5.74) is 0. The van der Waals surface area contributed by atoms with Crippen molar-refractivity contribution in [3.63, 3.8) is 0 Å². The van der Waals surface area contributed by atoms with Crippen molar-refractivity contribution in [2.75, 3.05) is 11.9 Å². The maximum atomic E-state index is 5.94. The van der Waals surface area contributed by atoms with Gasteiger partial charge in [-0.15, -0.1) is 11.3 Å². The number of aryl methyl sites for hydroxylation is 1.